The van der Waals surface area contributed by atoms with Gasteiger partial charge in [0.1, 0.15) is 0 Å². The van der Waals surface area contributed by atoms with Gasteiger partial charge < -0.3 is 19.9 Å². The van der Waals surface area contributed by atoms with Crippen LogP contribution in [0.4, 0.5) is 0 Å². The maximum Gasteiger partial charge on any atom is 0.284 e. The van der Waals surface area contributed by atoms with Gasteiger partial charge in [-0.25, -0.2) is 0 Å². The van der Waals surface area contributed by atoms with Crippen LogP contribution in [-0.4, -0.2) is 31.3 Å². The molecule has 0 amide bonds. The van der Waals surface area contributed by atoms with Crippen LogP contribution in [0.1, 0.15) is 20.3 Å². The second kappa shape index (κ2) is 2.92. The van der Waals surface area contributed by atoms with Gasteiger partial charge in [-0.3, -0.25) is 0 Å². The second-order valence-electron chi connectivity index (χ2n) is 4.65. The van der Waals surface area contributed by atoms with Gasteiger partial charge in [0.05, 0.1) is 19.8 Å². The molecule has 0 aromatic rings. The van der Waals surface area contributed by atoms with Gasteiger partial charge in [-0.05, 0) is 13.8 Å². The van der Waals surface area contributed by atoms with Crippen molar-refractivity contribution in [2.75, 3.05) is 19.8 Å². The van der Waals surface area contributed by atoms with Crippen molar-refractivity contribution in [1.29, 1.82) is 0 Å². The molecule has 3 aliphatic rings. The molecule has 3 fully saturated rings. The van der Waals surface area contributed by atoms with Crippen LogP contribution in [0, 0.1) is 5.92 Å². The van der Waals surface area contributed by atoms with Crippen LogP contribution in [0.5, 0.6) is 0 Å². The highest BCUT2D eigenvalue weighted by Crippen LogP contribution is 2.35. The number of hydrogen-bond acceptors (Lipinski definition) is 4. The summed E-state index contributed by atoms with van der Waals surface area (Å²) in [6, 6.07) is 0. The molecule has 0 spiro atoms. The maximum absolute atomic E-state index is 5.90. The van der Waals surface area contributed by atoms with Crippen molar-refractivity contribution < 1.29 is 14.2 Å². The molecule has 0 aromatic carbocycles. The Bertz CT molecular complexity index is 178. The van der Waals surface area contributed by atoms with Gasteiger partial charge in [0.2, 0.25) is 0 Å². The normalized spacial score (nSPS) is 39.5. The highest BCUT2D eigenvalue weighted by atomic mass is 16.9. The smallest absolute Gasteiger partial charge is 0.284 e. The van der Waals surface area contributed by atoms with Crippen LogP contribution in [0.25, 0.3) is 0 Å². The Labute approximate surface area is 78.3 Å². The molecule has 0 radical (unpaired) electrons. The Hall–Kier alpha value is -0.160. The van der Waals surface area contributed by atoms with Crippen LogP contribution in [0.15, 0.2) is 0 Å². The summed E-state index contributed by atoms with van der Waals surface area (Å²) in [7, 11) is 0. The van der Waals surface area contributed by atoms with Gasteiger partial charge in [-0.15, -0.1) is 0 Å². The summed E-state index contributed by atoms with van der Waals surface area (Å²) < 4.78 is 16.5. The molecule has 0 aromatic heterocycles. The van der Waals surface area contributed by atoms with E-state index in [9.17, 15) is 0 Å². The predicted molar refractivity (Wildman–Crippen MR) is 47.0 cm³/mol. The van der Waals surface area contributed by atoms with Gasteiger partial charge in [-0.2, -0.15) is 0 Å². The highest BCUT2D eigenvalue weighted by Gasteiger charge is 2.46. The van der Waals surface area contributed by atoms with E-state index in [2.05, 4.69) is 0 Å². The first-order valence-corrected chi connectivity index (χ1v) is 4.70. The lowest BCUT2D eigenvalue weighted by atomic mass is 9.99. The predicted octanol–water partition coefficient (Wildman–Crippen LogP) is 0.461. The van der Waals surface area contributed by atoms with E-state index in [4.69, 9.17) is 19.9 Å². The van der Waals surface area contributed by atoms with E-state index >= 15 is 0 Å². The standard InChI is InChI=1S/C9H17NO3/c1-8(2,10)6-9-11-3-7(4-12-9)5-13-9/h7H,3-6,10H2,1-2H3. The Kier molecular flexibility index (Phi) is 2.11. The number of ether oxygens (including phenoxy) is 3. The third kappa shape index (κ3) is 2.02. The summed E-state index contributed by atoms with van der Waals surface area (Å²) >= 11 is 0. The first-order chi connectivity index (χ1) is 5.99. The zero-order valence-corrected chi connectivity index (χ0v) is 8.21. The van der Waals surface area contributed by atoms with E-state index in [1.807, 2.05) is 13.8 Å². The first kappa shape index (κ1) is 9.40. The lowest BCUT2D eigenvalue weighted by Crippen LogP contribution is -2.57. The third-order valence-electron chi connectivity index (χ3n) is 2.29. The van der Waals surface area contributed by atoms with Gasteiger partial charge in [0, 0.05) is 17.9 Å². The van der Waals surface area contributed by atoms with Crippen molar-refractivity contribution in [3.63, 3.8) is 0 Å². The van der Waals surface area contributed by atoms with E-state index in [1.165, 1.54) is 0 Å². The SMILES string of the molecule is CC(C)(N)CC12OCC(CO1)CO2. The molecule has 76 valence electrons. The zero-order chi connectivity index (χ0) is 9.53. The molecule has 0 saturated carbocycles. The van der Waals surface area contributed by atoms with E-state index in [0.29, 0.717) is 12.3 Å². The molecule has 3 rings (SSSR count). The lowest BCUT2D eigenvalue weighted by Gasteiger charge is -2.47. The zero-order valence-electron chi connectivity index (χ0n) is 8.21. The maximum atomic E-state index is 5.90. The summed E-state index contributed by atoms with van der Waals surface area (Å²) in [6.45, 7) is 6.08. The Morgan fingerprint density at radius 1 is 1.23 bits per heavy atom. The van der Waals surface area contributed by atoms with Crippen molar-refractivity contribution >= 4 is 0 Å². The highest BCUT2D eigenvalue weighted by molar-refractivity contribution is 4.83. The monoisotopic (exact) mass is 187 g/mol. The summed E-state index contributed by atoms with van der Waals surface area (Å²) in [4.78, 5) is 0. The fraction of sp³-hybridized carbons (Fsp3) is 1.00. The van der Waals surface area contributed by atoms with Gasteiger partial charge in [0.15, 0.2) is 0 Å². The van der Waals surface area contributed by atoms with E-state index in [0.717, 1.165) is 19.8 Å². The third-order valence-corrected chi connectivity index (χ3v) is 2.29. The summed E-state index contributed by atoms with van der Waals surface area (Å²) in [6.07, 6.45) is 0.576. The molecule has 2 N–H and O–H groups in total. The Balaban J connectivity index is 2.03. The minimum absolute atomic E-state index is 0.329. The molecular weight excluding hydrogens is 170 g/mol. The fourth-order valence-corrected chi connectivity index (χ4v) is 1.71. The van der Waals surface area contributed by atoms with Crippen molar-refractivity contribution in [2.45, 2.75) is 31.8 Å². The Morgan fingerprint density at radius 3 is 2.08 bits per heavy atom. The molecule has 13 heavy (non-hydrogen) atoms. The quantitative estimate of drug-likeness (QED) is 0.682. The molecule has 2 bridgehead atoms. The minimum atomic E-state index is -0.854. The number of nitrogens with two attached hydrogens (primary N) is 1. The Morgan fingerprint density at radius 2 is 1.69 bits per heavy atom. The van der Waals surface area contributed by atoms with Crippen molar-refractivity contribution in [1.82, 2.24) is 0 Å². The van der Waals surface area contributed by atoms with Crippen LogP contribution >= 0.6 is 0 Å². The van der Waals surface area contributed by atoms with Gasteiger partial charge in [0.25, 0.3) is 5.97 Å². The van der Waals surface area contributed by atoms with Crippen molar-refractivity contribution in [3.8, 4) is 0 Å². The average molecular weight is 187 g/mol. The molecule has 0 atom stereocenters. The number of fused-ring (bicyclic) bond motifs is 3. The largest absolute Gasteiger partial charge is 0.327 e. The van der Waals surface area contributed by atoms with Crippen molar-refractivity contribution in [3.05, 3.63) is 0 Å². The minimum Gasteiger partial charge on any atom is -0.327 e. The van der Waals surface area contributed by atoms with E-state index in [-0.39, 0.29) is 5.54 Å². The number of rotatable bonds is 2. The molecule has 0 aliphatic carbocycles. The van der Waals surface area contributed by atoms with Crippen molar-refractivity contribution in [2.24, 2.45) is 11.7 Å². The van der Waals surface area contributed by atoms with Gasteiger partial charge in [-0.1, -0.05) is 0 Å². The van der Waals surface area contributed by atoms with Crippen LogP contribution in [0.2, 0.25) is 0 Å². The van der Waals surface area contributed by atoms with Gasteiger partial charge >= 0.3 is 0 Å². The van der Waals surface area contributed by atoms with Crippen LogP contribution in [0.3, 0.4) is 0 Å². The molecule has 3 saturated heterocycles. The second-order valence-corrected chi connectivity index (χ2v) is 4.65. The van der Waals surface area contributed by atoms with Crippen LogP contribution < -0.4 is 5.73 Å². The lowest BCUT2D eigenvalue weighted by molar-refractivity contribution is -0.452. The average Bonchev–Trinajstić information content (AvgIpc) is 2.03. The molecular formula is C9H17NO3. The molecule has 0 unspecified atom stereocenters. The summed E-state index contributed by atoms with van der Waals surface area (Å²) in [5.41, 5.74) is 5.58. The molecule has 4 nitrogen and oxygen atoms in total. The molecule has 3 heterocycles. The summed E-state index contributed by atoms with van der Waals surface area (Å²) in [5.74, 6) is -0.449. The first-order valence-electron chi connectivity index (χ1n) is 4.70. The fourth-order valence-electron chi connectivity index (χ4n) is 1.71. The van der Waals surface area contributed by atoms with E-state index in [1.54, 1.807) is 0 Å². The molecule has 3 aliphatic heterocycles. The molecule has 4 heteroatoms. The van der Waals surface area contributed by atoms with E-state index < -0.39 is 5.97 Å². The van der Waals surface area contributed by atoms with Crippen LogP contribution in [-0.2, 0) is 14.2 Å². The topological polar surface area (TPSA) is 53.7 Å². The summed E-state index contributed by atoms with van der Waals surface area (Å²) in [5, 5.41) is 0. The number of hydrogen-bond donors (Lipinski definition) is 1.